The summed E-state index contributed by atoms with van der Waals surface area (Å²) in [6.07, 6.45) is 1.40. The largest absolute Gasteiger partial charge is 0.493 e. The predicted molar refractivity (Wildman–Crippen MR) is 107 cm³/mol. The summed E-state index contributed by atoms with van der Waals surface area (Å²) >= 11 is 0. The molecule has 0 radical (unpaired) electrons. The topological polar surface area (TPSA) is 77.1 Å². The van der Waals surface area contributed by atoms with E-state index in [9.17, 15) is 9.59 Å². The number of carbonyl (C=O) groups excluding carboxylic acids is 2. The van der Waals surface area contributed by atoms with Gasteiger partial charge in [0.05, 0.1) is 26.9 Å². The summed E-state index contributed by atoms with van der Waals surface area (Å²) in [5.74, 6) is 0.876. The number of nitrogens with one attached hydrogen (secondary N) is 1. The summed E-state index contributed by atoms with van der Waals surface area (Å²) in [4.78, 5) is 26.7. The molecule has 1 fully saturated rings. The van der Waals surface area contributed by atoms with E-state index in [-0.39, 0.29) is 11.8 Å². The number of benzene rings is 2. The summed E-state index contributed by atoms with van der Waals surface area (Å²) < 4.78 is 16.0. The van der Waals surface area contributed by atoms with E-state index in [0.717, 1.165) is 17.7 Å². The minimum atomic E-state index is -0.347. The van der Waals surface area contributed by atoms with Crippen LogP contribution in [0.15, 0.2) is 30.3 Å². The molecule has 2 amide bonds. The number of ether oxygens (including phenoxy) is 3. The molecule has 7 nitrogen and oxygen atoms in total. The van der Waals surface area contributed by atoms with Crippen LogP contribution in [0.3, 0.4) is 0 Å². The zero-order valence-corrected chi connectivity index (χ0v) is 16.5. The lowest BCUT2D eigenvalue weighted by molar-refractivity contribution is -0.117. The summed E-state index contributed by atoms with van der Waals surface area (Å²) in [7, 11) is 4.48. The van der Waals surface area contributed by atoms with E-state index in [1.807, 2.05) is 25.1 Å². The summed E-state index contributed by atoms with van der Waals surface area (Å²) in [6.45, 7) is 2.64. The Hall–Kier alpha value is -3.22. The molecule has 2 aromatic carbocycles. The lowest BCUT2D eigenvalue weighted by Gasteiger charge is -2.20. The second-order valence-corrected chi connectivity index (χ2v) is 6.49. The second-order valence-electron chi connectivity index (χ2n) is 6.49. The van der Waals surface area contributed by atoms with Gasteiger partial charge in [-0.15, -0.1) is 0 Å². The van der Waals surface area contributed by atoms with Gasteiger partial charge in [0.25, 0.3) is 5.91 Å². The maximum absolute atomic E-state index is 12.9. The molecule has 3 rings (SSSR count). The minimum absolute atomic E-state index is 0.105. The van der Waals surface area contributed by atoms with Crippen LogP contribution in [0, 0.1) is 6.92 Å². The number of anilines is 2. The van der Waals surface area contributed by atoms with Crippen LogP contribution in [0.5, 0.6) is 17.2 Å². The molecule has 0 aliphatic carbocycles. The quantitative estimate of drug-likeness (QED) is 0.826. The molecule has 2 aromatic rings. The van der Waals surface area contributed by atoms with E-state index in [1.54, 1.807) is 17.0 Å². The molecule has 0 saturated carbocycles. The molecule has 0 unspecified atom stereocenters. The molecule has 7 heteroatoms. The van der Waals surface area contributed by atoms with Gasteiger partial charge in [0.1, 0.15) is 0 Å². The number of hydrogen-bond acceptors (Lipinski definition) is 5. The molecular weight excluding hydrogens is 360 g/mol. The van der Waals surface area contributed by atoms with Gasteiger partial charge >= 0.3 is 0 Å². The molecule has 148 valence electrons. The van der Waals surface area contributed by atoms with Crippen LogP contribution in [-0.4, -0.2) is 39.7 Å². The van der Waals surface area contributed by atoms with E-state index in [4.69, 9.17) is 14.2 Å². The third-order valence-corrected chi connectivity index (χ3v) is 4.78. The third kappa shape index (κ3) is 3.60. The summed E-state index contributed by atoms with van der Waals surface area (Å²) in [5.41, 5.74) is 2.72. The first kappa shape index (κ1) is 19.5. The summed E-state index contributed by atoms with van der Waals surface area (Å²) in [5, 5.41) is 2.87. The molecule has 1 saturated heterocycles. The smallest absolute Gasteiger partial charge is 0.259 e. The average Bonchev–Trinajstić information content (AvgIpc) is 3.13. The Morgan fingerprint density at radius 2 is 1.79 bits per heavy atom. The fourth-order valence-electron chi connectivity index (χ4n) is 3.36. The normalized spacial score (nSPS) is 13.4. The zero-order chi connectivity index (χ0) is 20.3. The van der Waals surface area contributed by atoms with Crippen LogP contribution < -0.4 is 24.4 Å². The number of carbonyl (C=O) groups is 2. The van der Waals surface area contributed by atoms with Gasteiger partial charge in [-0.2, -0.15) is 0 Å². The Morgan fingerprint density at radius 1 is 1.04 bits per heavy atom. The van der Waals surface area contributed by atoms with Gasteiger partial charge in [0, 0.05) is 24.3 Å². The molecule has 1 aliphatic rings. The molecule has 0 atom stereocenters. The fourth-order valence-corrected chi connectivity index (χ4v) is 3.36. The molecule has 0 spiro atoms. The molecule has 28 heavy (non-hydrogen) atoms. The Morgan fingerprint density at radius 3 is 2.39 bits per heavy atom. The Bertz CT molecular complexity index is 910. The van der Waals surface area contributed by atoms with Crippen molar-refractivity contribution in [2.75, 3.05) is 38.1 Å². The van der Waals surface area contributed by atoms with Crippen molar-refractivity contribution in [3.05, 3.63) is 41.5 Å². The van der Waals surface area contributed by atoms with E-state index in [0.29, 0.717) is 41.5 Å². The SMILES string of the molecule is COc1ccc(C(=O)Nc2ccc(C)c(N3CCCC3=O)c2)c(OC)c1OC. The van der Waals surface area contributed by atoms with Gasteiger partial charge in [-0.25, -0.2) is 0 Å². The zero-order valence-electron chi connectivity index (χ0n) is 16.5. The molecule has 0 aromatic heterocycles. The maximum Gasteiger partial charge on any atom is 0.259 e. The first-order valence-electron chi connectivity index (χ1n) is 9.01. The van der Waals surface area contributed by atoms with Gasteiger partial charge in [-0.05, 0) is 43.2 Å². The maximum atomic E-state index is 12.9. The van der Waals surface area contributed by atoms with Crippen molar-refractivity contribution in [3.63, 3.8) is 0 Å². The lowest BCUT2D eigenvalue weighted by Crippen LogP contribution is -2.24. The van der Waals surface area contributed by atoms with E-state index in [1.165, 1.54) is 21.3 Å². The van der Waals surface area contributed by atoms with Gasteiger partial charge < -0.3 is 24.4 Å². The van der Waals surface area contributed by atoms with Crippen molar-refractivity contribution in [2.45, 2.75) is 19.8 Å². The number of methoxy groups -OCH3 is 3. The fraction of sp³-hybridized carbons (Fsp3) is 0.333. The van der Waals surface area contributed by atoms with E-state index in [2.05, 4.69) is 5.32 Å². The Labute approximate surface area is 164 Å². The monoisotopic (exact) mass is 384 g/mol. The van der Waals surface area contributed by atoms with Crippen molar-refractivity contribution in [3.8, 4) is 17.2 Å². The Kier molecular flexibility index (Phi) is 5.73. The van der Waals surface area contributed by atoms with Crippen molar-refractivity contribution >= 4 is 23.2 Å². The van der Waals surface area contributed by atoms with Crippen molar-refractivity contribution < 1.29 is 23.8 Å². The van der Waals surface area contributed by atoms with E-state index >= 15 is 0 Å². The van der Waals surface area contributed by atoms with Gasteiger partial charge in [-0.3, -0.25) is 9.59 Å². The molecule has 1 N–H and O–H groups in total. The van der Waals surface area contributed by atoms with Gasteiger partial charge in [0.15, 0.2) is 11.5 Å². The van der Waals surface area contributed by atoms with Crippen molar-refractivity contribution in [1.29, 1.82) is 0 Å². The molecule has 1 aliphatic heterocycles. The van der Waals surface area contributed by atoms with Crippen LogP contribution in [0.1, 0.15) is 28.8 Å². The van der Waals surface area contributed by atoms with Gasteiger partial charge in [-0.1, -0.05) is 6.07 Å². The highest BCUT2D eigenvalue weighted by Gasteiger charge is 2.24. The number of amides is 2. The lowest BCUT2D eigenvalue weighted by atomic mass is 10.1. The standard InChI is InChI=1S/C21H24N2O5/c1-13-7-8-14(12-16(13)23-11-5-6-18(23)24)22-21(25)15-9-10-17(26-2)20(28-4)19(15)27-3/h7-10,12H,5-6,11H2,1-4H3,(H,22,25). The Balaban J connectivity index is 1.91. The molecule has 1 heterocycles. The highest BCUT2D eigenvalue weighted by Crippen LogP contribution is 2.40. The number of hydrogen-bond donors (Lipinski definition) is 1. The molecule has 0 bridgehead atoms. The van der Waals surface area contributed by atoms with Crippen molar-refractivity contribution in [2.24, 2.45) is 0 Å². The van der Waals surface area contributed by atoms with Crippen LogP contribution in [0.4, 0.5) is 11.4 Å². The summed E-state index contributed by atoms with van der Waals surface area (Å²) in [6, 6.07) is 8.80. The van der Waals surface area contributed by atoms with Crippen LogP contribution in [0.2, 0.25) is 0 Å². The third-order valence-electron chi connectivity index (χ3n) is 4.78. The number of rotatable bonds is 6. The van der Waals surface area contributed by atoms with E-state index < -0.39 is 0 Å². The molecular formula is C21H24N2O5. The average molecular weight is 384 g/mol. The number of aryl methyl sites for hydroxylation is 1. The van der Waals surface area contributed by atoms with Crippen LogP contribution >= 0.6 is 0 Å². The highest BCUT2D eigenvalue weighted by atomic mass is 16.5. The first-order chi connectivity index (χ1) is 13.5. The minimum Gasteiger partial charge on any atom is -0.493 e. The predicted octanol–water partition coefficient (Wildman–Crippen LogP) is 3.40. The van der Waals surface area contributed by atoms with Crippen LogP contribution in [0.25, 0.3) is 0 Å². The number of nitrogens with zero attached hydrogens (tertiary/aromatic N) is 1. The van der Waals surface area contributed by atoms with Crippen LogP contribution in [-0.2, 0) is 4.79 Å². The second kappa shape index (κ2) is 8.21. The van der Waals surface area contributed by atoms with Gasteiger partial charge in [0.2, 0.25) is 11.7 Å². The first-order valence-corrected chi connectivity index (χ1v) is 9.01. The van der Waals surface area contributed by atoms with Crippen molar-refractivity contribution in [1.82, 2.24) is 0 Å². The highest BCUT2D eigenvalue weighted by molar-refractivity contribution is 6.07.